The van der Waals surface area contributed by atoms with Gasteiger partial charge in [-0.1, -0.05) is 6.07 Å². The Hall–Kier alpha value is -1.46. The van der Waals surface area contributed by atoms with Crippen LogP contribution in [0.3, 0.4) is 0 Å². The summed E-state index contributed by atoms with van der Waals surface area (Å²) >= 11 is 1.31. The van der Waals surface area contributed by atoms with Crippen molar-refractivity contribution in [1.82, 2.24) is 5.32 Å². The minimum atomic E-state index is -0.280. The van der Waals surface area contributed by atoms with Gasteiger partial charge in [0.25, 0.3) is 5.91 Å². The Bertz CT molecular complexity index is 647. The third-order valence-electron chi connectivity index (χ3n) is 4.07. The standard InChI is InChI=1S/C16H18FNO2S/c17-12-4-3-11-7-15(21-14(11)8-12)16(20)18-9-10-1-5-13(19)6-2-10/h3-4,7-8,10,13,19H,1-2,5-6,9H2,(H,18,20). The first-order valence-corrected chi connectivity index (χ1v) is 8.09. The molecule has 1 saturated carbocycles. The molecule has 0 atom stereocenters. The van der Waals surface area contributed by atoms with E-state index in [1.807, 2.05) is 0 Å². The zero-order valence-corrected chi connectivity index (χ0v) is 12.5. The highest BCUT2D eigenvalue weighted by atomic mass is 32.1. The third kappa shape index (κ3) is 3.41. The van der Waals surface area contributed by atoms with Gasteiger partial charge < -0.3 is 10.4 Å². The summed E-state index contributed by atoms with van der Waals surface area (Å²) in [5.74, 6) is 0.0731. The van der Waals surface area contributed by atoms with Gasteiger partial charge in [0.2, 0.25) is 0 Å². The number of hydrogen-bond acceptors (Lipinski definition) is 3. The van der Waals surface area contributed by atoms with Gasteiger partial charge in [0.15, 0.2) is 0 Å². The number of amides is 1. The van der Waals surface area contributed by atoms with Crippen molar-refractivity contribution in [2.24, 2.45) is 5.92 Å². The van der Waals surface area contributed by atoms with Crippen LogP contribution < -0.4 is 5.32 Å². The van der Waals surface area contributed by atoms with E-state index in [-0.39, 0.29) is 17.8 Å². The average molecular weight is 307 g/mol. The van der Waals surface area contributed by atoms with E-state index in [1.54, 1.807) is 12.1 Å². The maximum Gasteiger partial charge on any atom is 0.261 e. The summed E-state index contributed by atoms with van der Waals surface area (Å²) in [5.41, 5.74) is 0. The number of rotatable bonds is 3. The lowest BCUT2D eigenvalue weighted by atomic mass is 9.87. The molecule has 2 aromatic rings. The predicted octanol–water partition coefficient (Wildman–Crippen LogP) is 3.32. The van der Waals surface area contributed by atoms with Crippen LogP contribution in [0.4, 0.5) is 4.39 Å². The smallest absolute Gasteiger partial charge is 0.261 e. The van der Waals surface area contributed by atoms with Crippen LogP contribution in [0.1, 0.15) is 35.4 Å². The minimum Gasteiger partial charge on any atom is -0.393 e. The normalized spacial score (nSPS) is 22.4. The van der Waals surface area contributed by atoms with Crippen molar-refractivity contribution >= 4 is 27.3 Å². The van der Waals surface area contributed by atoms with Crippen LogP contribution in [0.5, 0.6) is 0 Å². The molecule has 3 rings (SSSR count). The summed E-state index contributed by atoms with van der Waals surface area (Å²) in [6.45, 7) is 0.647. The number of benzene rings is 1. The summed E-state index contributed by atoms with van der Waals surface area (Å²) in [4.78, 5) is 12.8. The van der Waals surface area contributed by atoms with Crippen LogP contribution in [0.25, 0.3) is 10.1 Å². The van der Waals surface area contributed by atoms with Gasteiger partial charge in [-0.3, -0.25) is 4.79 Å². The molecule has 1 heterocycles. The molecule has 0 aliphatic heterocycles. The molecule has 2 N–H and O–H groups in total. The maximum atomic E-state index is 13.2. The van der Waals surface area contributed by atoms with E-state index < -0.39 is 0 Å². The van der Waals surface area contributed by atoms with Crippen LogP contribution in [-0.2, 0) is 0 Å². The molecule has 0 unspecified atom stereocenters. The van der Waals surface area contributed by atoms with Gasteiger partial charge in [-0.15, -0.1) is 11.3 Å². The molecule has 112 valence electrons. The first kappa shape index (κ1) is 14.5. The lowest BCUT2D eigenvalue weighted by Crippen LogP contribution is -2.31. The van der Waals surface area contributed by atoms with Crippen molar-refractivity contribution in [3.8, 4) is 0 Å². The van der Waals surface area contributed by atoms with E-state index in [1.165, 1.54) is 23.5 Å². The molecule has 3 nitrogen and oxygen atoms in total. The lowest BCUT2D eigenvalue weighted by Gasteiger charge is -2.25. The van der Waals surface area contributed by atoms with Crippen LogP contribution >= 0.6 is 11.3 Å². The Morgan fingerprint density at radius 1 is 1.29 bits per heavy atom. The number of aliphatic hydroxyl groups excluding tert-OH is 1. The van der Waals surface area contributed by atoms with E-state index in [0.717, 1.165) is 35.8 Å². The fraction of sp³-hybridized carbons (Fsp3) is 0.438. The average Bonchev–Trinajstić information content (AvgIpc) is 2.89. The molecule has 0 radical (unpaired) electrons. The fourth-order valence-electron chi connectivity index (χ4n) is 2.79. The monoisotopic (exact) mass is 307 g/mol. The molecule has 1 fully saturated rings. The topological polar surface area (TPSA) is 49.3 Å². The van der Waals surface area contributed by atoms with E-state index in [0.29, 0.717) is 17.3 Å². The summed E-state index contributed by atoms with van der Waals surface area (Å²) in [6.07, 6.45) is 3.39. The SMILES string of the molecule is O=C(NCC1CCC(O)CC1)c1cc2ccc(F)cc2s1. The van der Waals surface area contributed by atoms with E-state index in [4.69, 9.17) is 0 Å². The molecule has 1 aliphatic carbocycles. The number of carbonyl (C=O) groups excluding carboxylic acids is 1. The molecule has 1 aromatic carbocycles. The highest BCUT2D eigenvalue weighted by Gasteiger charge is 2.20. The van der Waals surface area contributed by atoms with Crippen LogP contribution in [0.2, 0.25) is 0 Å². The minimum absolute atomic E-state index is 0.0947. The summed E-state index contributed by atoms with van der Waals surface area (Å²) < 4.78 is 13.9. The second-order valence-electron chi connectivity index (χ2n) is 5.68. The largest absolute Gasteiger partial charge is 0.393 e. The zero-order chi connectivity index (χ0) is 14.8. The number of thiophene rings is 1. The van der Waals surface area contributed by atoms with Crippen molar-refractivity contribution in [3.63, 3.8) is 0 Å². The van der Waals surface area contributed by atoms with Gasteiger partial charge in [-0.2, -0.15) is 0 Å². The predicted molar refractivity (Wildman–Crippen MR) is 82.1 cm³/mol. The number of hydrogen-bond donors (Lipinski definition) is 2. The van der Waals surface area contributed by atoms with Crippen molar-refractivity contribution in [3.05, 3.63) is 35.0 Å². The number of halogens is 1. The number of aliphatic hydroxyl groups is 1. The van der Waals surface area contributed by atoms with Crippen molar-refractivity contribution in [1.29, 1.82) is 0 Å². The molecular weight excluding hydrogens is 289 g/mol. The number of carbonyl (C=O) groups is 1. The van der Waals surface area contributed by atoms with Gasteiger partial charge in [0, 0.05) is 11.2 Å². The highest BCUT2D eigenvalue weighted by molar-refractivity contribution is 7.20. The Morgan fingerprint density at radius 2 is 2.05 bits per heavy atom. The van der Waals surface area contributed by atoms with Gasteiger partial charge >= 0.3 is 0 Å². The van der Waals surface area contributed by atoms with Gasteiger partial charge in [0.1, 0.15) is 5.82 Å². The molecular formula is C16H18FNO2S. The first-order chi connectivity index (χ1) is 10.1. The number of fused-ring (bicyclic) bond motifs is 1. The summed E-state index contributed by atoms with van der Waals surface area (Å²) in [5, 5.41) is 13.3. The summed E-state index contributed by atoms with van der Waals surface area (Å²) in [7, 11) is 0. The molecule has 21 heavy (non-hydrogen) atoms. The van der Waals surface area contributed by atoms with E-state index in [9.17, 15) is 14.3 Å². The highest BCUT2D eigenvalue weighted by Crippen LogP contribution is 2.27. The lowest BCUT2D eigenvalue weighted by molar-refractivity contribution is 0.0914. The van der Waals surface area contributed by atoms with Crippen LogP contribution in [0, 0.1) is 11.7 Å². The van der Waals surface area contributed by atoms with E-state index >= 15 is 0 Å². The van der Waals surface area contributed by atoms with Gasteiger partial charge in [-0.25, -0.2) is 4.39 Å². The van der Waals surface area contributed by atoms with Gasteiger partial charge in [0.05, 0.1) is 11.0 Å². The number of nitrogens with one attached hydrogen (secondary N) is 1. The van der Waals surface area contributed by atoms with E-state index in [2.05, 4.69) is 5.32 Å². The van der Waals surface area contributed by atoms with Crippen LogP contribution in [-0.4, -0.2) is 23.7 Å². The van der Waals surface area contributed by atoms with Crippen molar-refractivity contribution in [2.75, 3.05) is 6.54 Å². The Balaban J connectivity index is 1.61. The molecule has 0 spiro atoms. The molecule has 1 amide bonds. The van der Waals surface area contributed by atoms with Crippen molar-refractivity contribution in [2.45, 2.75) is 31.8 Å². The first-order valence-electron chi connectivity index (χ1n) is 7.27. The molecule has 5 heteroatoms. The van der Waals surface area contributed by atoms with Crippen LogP contribution in [0.15, 0.2) is 24.3 Å². The van der Waals surface area contributed by atoms with Crippen molar-refractivity contribution < 1.29 is 14.3 Å². The quantitative estimate of drug-likeness (QED) is 0.914. The second kappa shape index (κ2) is 6.12. The third-order valence-corrected chi connectivity index (χ3v) is 5.17. The zero-order valence-electron chi connectivity index (χ0n) is 11.6. The Kier molecular flexibility index (Phi) is 4.22. The Morgan fingerprint density at radius 3 is 2.81 bits per heavy atom. The molecule has 0 bridgehead atoms. The van der Waals surface area contributed by atoms with Gasteiger partial charge in [-0.05, 0) is 55.2 Å². The molecule has 0 saturated heterocycles. The molecule has 1 aromatic heterocycles. The summed E-state index contributed by atoms with van der Waals surface area (Å²) in [6, 6.07) is 6.36. The molecule has 1 aliphatic rings. The fourth-order valence-corrected chi connectivity index (χ4v) is 3.79. The second-order valence-corrected chi connectivity index (χ2v) is 6.76. The maximum absolute atomic E-state index is 13.2. The Labute approximate surface area is 126 Å².